The molecule has 0 aliphatic carbocycles. The standard InChI is InChI=1S/C12H24Cl3N3S3/c1-16-4-7-19(13)10-20(14,8-5-17-2)12-21(15,11-19)9-6-18-3/h4-6H,7-12H2,1-3H3/b16-4+,17-5+,18-6+. The number of halogens is 3. The Labute approximate surface area is 146 Å². The second-order valence-electron chi connectivity index (χ2n) is 4.99. The molecule has 1 fully saturated rings. The Morgan fingerprint density at radius 1 is 0.667 bits per heavy atom. The first-order valence-electron chi connectivity index (χ1n) is 6.40. The highest BCUT2D eigenvalue weighted by Crippen LogP contribution is 2.83. The summed E-state index contributed by atoms with van der Waals surface area (Å²) >= 11 is 0. The summed E-state index contributed by atoms with van der Waals surface area (Å²) in [7, 11) is 22.1. The third-order valence-corrected chi connectivity index (χ3v) is 21.3. The van der Waals surface area contributed by atoms with E-state index in [1.807, 2.05) is 18.6 Å². The summed E-state index contributed by atoms with van der Waals surface area (Å²) in [6.07, 6.45) is 5.72. The van der Waals surface area contributed by atoms with Crippen molar-refractivity contribution in [3.8, 4) is 0 Å². The summed E-state index contributed by atoms with van der Waals surface area (Å²) in [5.74, 6) is 2.38. The molecule has 21 heavy (non-hydrogen) atoms. The van der Waals surface area contributed by atoms with Crippen LogP contribution >= 0.6 is 59.8 Å². The van der Waals surface area contributed by atoms with Crippen LogP contribution in [0.4, 0.5) is 0 Å². The minimum Gasteiger partial charge on any atom is -0.300 e. The predicted octanol–water partition coefficient (Wildman–Crippen LogP) is 4.85. The zero-order valence-electron chi connectivity index (χ0n) is 12.7. The fourth-order valence-electron chi connectivity index (χ4n) is 2.15. The van der Waals surface area contributed by atoms with Crippen molar-refractivity contribution in [2.75, 3.05) is 53.7 Å². The van der Waals surface area contributed by atoms with Crippen LogP contribution in [0.2, 0.25) is 0 Å². The molecule has 0 radical (unpaired) electrons. The number of nitrogens with zero attached hydrogens (tertiary/aromatic N) is 3. The van der Waals surface area contributed by atoms with Gasteiger partial charge in [-0.25, -0.2) is 0 Å². The lowest BCUT2D eigenvalue weighted by atomic mass is 10.9. The van der Waals surface area contributed by atoms with Crippen molar-refractivity contribution in [1.29, 1.82) is 0 Å². The Kier molecular flexibility index (Phi) is 8.27. The number of hydrogen-bond acceptors (Lipinski definition) is 3. The quantitative estimate of drug-likeness (QED) is 0.559. The van der Waals surface area contributed by atoms with Gasteiger partial charge in [-0.1, -0.05) is 32.0 Å². The summed E-state index contributed by atoms with van der Waals surface area (Å²) in [4.78, 5) is 12.3. The maximum atomic E-state index is 6.96. The van der Waals surface area contributed by atoms with Gasteiger partial charge in [-0.3, -0.25) is 0 Å². The van der Waals surface area contributed by atoms with Gasteiger partial charge >= 0.3 is 0 Å². The van der Waals surface area contributed by atoms with Gasteiger partial charge < -0.3 is 15.0 Å². The zero-order chi connectivity index (χ0) is 16.0. The van der Waals surface area contributed by atoms with Gasteiger partial charge in [0.25, 0.3) is 0 Å². The van der Waals surface area contributed by atoms with Gasteiger partial charge in [0.2, 0.25) is 0 Å². The third kappa shape index (κ3) is 6.51. The minimum atomic E-state index is -1.37. The Bertz CT molecular complexity index is 361. The van der Waals surface area contributed by atoms with E-state index in [1.54, 1.807) is 21.1 Å². The minimum absolute atomic E-state index is 0.792. The summed E-state index contributed by atoms with van der Waals surface area (Å²) in [5.41, 5.74) is 0. The van der Waals surface area contributed by atoms with E-state index in [4.69, 9.17) is 32.0 Å². The molecular formula is C12H24Cl3N3S3. The average molecular weight is 413 g/mol. The lowest BCUT2D eigenvalue weighted by Crippen LogP contribution is -2.28. The highest BCUT2D eigenvalue weighted by molar-refractivity contribution is 8.78. The highest BCUT2D eigenvalue weighted by atomic mass is 35.7. The van der Waals surface area contributed by atoms with Gasteiger partial charge in [0.15, 0.2) is 0 Å². The molecule has 0 N–H and O–H groups in total. The first-order chi connectivity index (χ1) is 9.80. The van der Waals surface area contributed by atoms with Crippen LogP contribution in [-0.4, -0.2) is 72.3 Å². The summed E-state index contributed by atoms with van der Waals surface area (Å²) in [6.45, 7) is 0. The van der Waals surface area contributed by atoms with Crippen LogP contribution in [0.3, 0.4) is 0 Å². The fraction of sp³-hybridized carbons (Fsp3) is 0.750. The third-order valence-electron chi connectivity index (χ3n) is 2.93. The topological polar surface area (TPSA) is 37.1 Å². The van der Waals surface area contributed by atoms with Crippen LogP contribution in [0.15, 0.2) is 15.0 Å². The van der Waals surface area contributed by atoms with Gasteiger partial charge in [0, 0.05) is 72.3 Å². The zero-order valence-corrected chi connectivity index (χ0v) is 17.4. The van der Waals surface area contributed by atoms with Crippen LogP contribution in [0, 0.1) is 0 Å². The molecule has 0 bridgehead atoms. The van der Waals surface area contributed by atoms with Gasteiger partial charge in [0.05, 0.1) is 0 Å². The molecule has 0 aromatic rings. The number of rotatable bonds is 6. The van der Waals surface area contributed by atoms with Crippen LogP contribution in [-0.2, 0) is 0 Å². The Hall–Kier alpha value is 0.930. The maximum absolute atomic E-state index is 6.96. The molecule has 0 aromatic heterocycles. The second-order valence-corrected chi connectivity index (χ2v) is 20.4. The molecule has 1 aliphatic rings. The van der Waals surface area contributed by atoms with E-state index in [2.05, 4.69) is 15.0 Å². The van der Waals surface area contributed by atoms with E-state index in [9.17, 15) is 0 Å². The van der Waals surface area contributed by atoms with Crippen LogP contribution in [0.5, 0.6) is 0 Å². The van der Waals surface area contributed by atoms with E-state index in [1.165, 1.54) is 0 Å². The molecule has 0 atom stereocenters. The van der Waals surface area contributed by atoms with E-state index in [0.717, 1.165) is 32.5 Å². The molecule has 3 nitrogen and oxygen atoms in total. The molecule has 1 rings (SSSR count). The molecular weight excluding hydrogens is 389 g/mol. The molecule has 1 saturated heterocycles. The van der Waals surface area contributed by atoms with Gasteiger partial charge in [-0.15, -0.1) is 27.7 Å². The van der Waals surface area contributed by atoms with Crippen molar-refractivity contribution in [2.24, 2.45) is 15.0 Å². The largest absolute Gasteiger partial charge is 0.300 e. The number of aliphatic imine (C=N–C) groups is 3. The van der Waals surface area contributed by atoms with Crippen LogP contribution in [0.25, 0.3) is 0 Å². The molecule has 0 spiro atoms. The number of hydrogen-bond donors (Lipinski definition) is 0. The summed E-state index contributed by atoms with van der Waals surface area (Å²) in [5, 5.41) is 2.64. The monoisotopic (exact) mass is 411 g/mol. The van der Waals surface area contributed by atoms with Crippen LogP contribution in [0.1, 0.15) is 0 Å². The van der Waals surface area contributed by atoms with E-state index in [-0.39, 0.29) is 0 Å². The molecule has 9 heteroatoms. The van der Waals surface area contributed by atoms with E-state index >= 15 is 0 Å². The Balaban J connectivity index is 3.02. The molecule has 0 saturated carbocycles. The second kappa shape index (κ2) is 8.69. The van der Waals surface area contributed by atoms with Crippen molar-refractivity contribution in [3.63, 3.8) is 0 Å². The first-order valence-corrected chi connectivity index (χ1v) is 15.3. The van der Waals surface area contributed by atoms with Crippen molar-refractivity contribution in [2.45, 2.75) is 0 Å². The van der Waals surface area contributed by atoms with Crippen molar-refractivity contribution in [3.05, 3.63) is 0 Å². The molecule has 0 amide bonds. The smallest absolute Gasteiger partial charge is 0.0347 e. The van der Waals surface area contributed by atoms with Crippen molar-refractivity contribution < 1.29 is 0 Å². The fourth-order valence-corrected chi connectivity index (χ4v) is 28.4. The molecule has 1 aliphatic heterocycles. The van der Waals surface area contributed by atoms with Crippen LogP contribution < -0.4 is 0 Å². The van der Waals surface area contributed by atoms with E-state index in [0.29, 0.717) is 0 Å². The molecule has 0 aromatic carbocycles. The summed E-state index contributed by atoms with van der Waals surface area (Å²) in [6, 6.07) is 0. The lowest BCUT2D eigenvalue weighted by Gasteiger charge is -2.55. The first kappa shape index (κ1) is 20.0. The predicted molar refractivity (Wildman–Crippen MR) is 113 cm³/mol. The Morgan fingerprint density at radius 3 is 1.10 bits per heavy atom. The summed E-state index contributed by atoms with van der Waals surface area (Å²) < 4.78 is 0. The van der Waals surface area contributed by atoms with Gasteiger partial charge in [0.1, 0.15) is 0 Å². The molecule has 0 unspecified atom stereocenters. The van der Waals surface area contributed by atoms with Gasteiger partial charge in [-0.2, -0.15) is 0 Å². The lowest BCUT2D eigenvalue weighted by molar-refractivity contribution is 1.46. The average Bonchev–Trinajstić information content (AvgIpc) is 2.39. The van der Waals surface area contributed by atoms with Crippen molar-refractivity contribution in [1.82, 2.24) is 0 Å². The molecule has 126 valence electrons. The maximum Gasteiger partial charge on any atom is 0.0347 e. The highest BCUT2D eigenvalue weighted by Gasteiger charge is 2.45. The van der Waals surface area contributed by atoms with E-state index < -0.39 is 27.7 Å². The normalized spacial score (nSPS) is 47.1. The molecule has 1 heterocycles. The Morgan fingerprint density at radius 2 is 0.905 bits per heavy atom. The van der Waals surface area contributed by atoms with Gasteiger partial charge in [-0.05, 0) is 0 Å². The van der Waals surface area contributed by atoms with Crippen molar-refractivity contribution >= 4 is 78.4 Å². The SMILES string of the molecule is C/N=C/CS1(Cl)CS(Cl)(C/C=N/C)CS(Cl)(C/C=N/C)C1.